The molecule has 53 heavy (non-hydrogen) atoms. The van der Waals surface area contributed by atoms with Gasteiger partial charge >= 0.3 is 0 Å². The third-order valence-electron chi connectivity index (χ3n) is 9.93. The van der Waals surface area contributed by atoms with Gasteiger partial charge in [0.1, 0.15) is 6.04 Å². The molecule has 1 fully saturated rings. The lowest BCUT2D eigenvalue weighted by Crippen LogP contribution is -2.54. The second-order valence-electron chi connectivity index (χ2n) is 13.9. The SMILES string of the molecule is Cc1ccc(-n2nc3c(=O)n(CCCC(=O)NCCCCCCCCNc4ccc5c(c4)C(=O)N(C4CCC(=O)NC4=O)C5=O)nc(C)c3c2C)cc1. The molecule has 278 valence electrons. The van der Waals surface area contributed by atoms with Crippen LogP contribution >= 0.6 is 0 Å². The molecule has 4 aromatic rings. The van der Waals surface area contributed by atoms with Crippen molar-refractivity contribution >= 4 is 46.1 Å². The van der Waals surface area contributed by atoms with Gasteiger partial charge in [-0.15, -0.1) is 0 Å². The summed E-state index contributed by atoms with van der Waals surface area (Å²) < 4.78 is 3.20. The number of aryl methyl sites for hydroxylation is 4. The second kappa shape index (κ2) is 16.3. The summed E-state index contributed by atoms with van der Waals surface area (Å²) in [6.07, 6.45) is 6.97. The first-order valence-corrected chi connectivity index (χ1v) is 18.4. The molecule has 2 aliphatic rings. The van der Waals surface area contributed by atoms with Crippen LogP contribution in [0.2, 0.25) is 0 Å². The summed E-state index contributed by atoms with van der Waals surface area (Å²) in [5.41, 5.74) is 5.00. The Hall–Kier alpha value is -5.66. The molecule has 2 aromatic carbocycles. The number of piperidine rings is 1. The van der Waals surface area contributed by atoms with Crippen LogP contribution in [0.5, 0.6) is 0 Å². The standard InChI is InChI=1S/C39H46N8O6/c1-24-12-15-28(16-13-24)47-26(3)34-25(2)43-45(39(53)35(34)44-47)22-10-11-32(48)41-21-9-7-5-4-6-8-20-40-27-14-17-29-30(23-27)38(52)46(37(29)51)31-18-19-33(49)42-36(31)50/h12-17,23,31,40H,4-11,18-22H2,1-3H3,(H,41,48)(H,42,49,50). The van der Waals surface area contributed by atoms with Crippen LogP contribution in [0, 0.1) is 20.8 Å². The van der Waals surface area contributed by atoms with Crippen molar-refractivity contribution in [1.82, 2.24) is 35.1 Å². The molecule has 5 amide bonds. The average Bonchev–Trinajstić information content (AvgIpc) is 3.61. The second-order valence-corrected chi connectivity index (χ2v) is 13.9. The fourth-order valence-corrected chi connectivity index (χ4v) is 7.05. The summed E-state index contributed by atoms with van der Waals surface area (Å²) in [7, 11) is 0. The molecule has 1 atom stereocenters. The van der Waals surface area contributed by atoms with Gasteiger partial charge < -0.3 is 10.6 Å². The Kier molecular flexibility index (Phi) is 11.4. The average molecular weight is 723 g/mol. The van der Waals surface area contributed by atoms with Crippen LogP contribution < -0.4 is 21.5 Å². The zero-order valence-electron chi connectivity index (χ0n) is 30.5. The van der Waals surface area contributed by atoms with Gasteiger partial charge in [-0.3, -0.25) is 39.0 Å². The quantitative estimate of drug-likeness (QED) is 0.113. The Morgan fingerprint density at radius 1 is 0.830 bits per heavy atom. The summed E-state index contributed by atoms with van der Waals surface area (Å²) in [6, 6.07) is 12.0. The molecule has 14 heteroatoms. The molecule has 2 aromatic heterocycles. The zero-order chi connectivity index (χ0) is 37.6. The number of hydrogen-bond donors (Lipinski definition) is 3. The molecule has 0 saturated carbocycles. The molecule has 0 aliphatic carbocycles. The number of hydrogen-bond acceptors (Lipinski definition) is 9. The van der Waals surface area contributed by atoms with Gasteiger partial charge in [0, 0.05) is 38.2 Å². The van der Waals surface area contributed by atoms with Gasteiger partial charge in [0.2, 0.25) is 17.7 Å². The van der Waals surface area contributed by atoms with Crippen LogP contribution in [0.3, 0.4) is 0 Å². The Bertz CT molecular complexity index is 2120. The van der Waals surface area contributed by atoms with E-state index < -0.39 is 29.7 Å². The maximum Gasteiger partial charge on any atom is 0.295 e. The molecule has 1 saturated heterocycles. The summed E-state index contributed by atoms with van der Waals surface area (Å²) >= 11 is 0. The van der Waals surface area contributed by atoms with Crippen LogP contribution in [-0.2, 0) is 20.9 Å². The van der Waals surface area contributed by atoms with Crippen molar-refractivity contribution in [2.45, 2.75) is 97.6 Å². The molecule has 6 rings (SSSR count). The Balaban J connectivity index is 0.843. The number of benzene rings is 2. The van der Waals surface area contributed by atoms with E-state index in [1.54, 1.807) is 22.9 Å². The Morgan fingerprint density at radius 2 is 1.53 bits per heavy atom. The van der Waals surface area contributed by atoms with E-state index in [4.69, 9.17) is 0 Å². The molecular weight excluding hydrogens is 676 g/mol. The smallest absolute Gasteiger partial charge is 0.295 e. The highest BCUT2D eigenvalue weighted by molar-refractivity contribution is 6.23. The third-order valence-corrected chi connectivity index (χ3v) is 9.93. The monoisotopic (exact) mass is 722 g/mol. The minimum atomic E-state index is -0.979. The van der Waals surface area contributed by atoms with Crippen molar-refractivity contribution < 1.29 is 24.0 Å². The lowest BCUT2D eigenvalue weighted by Gasteiger charge is -2.27. The van der Waals surface area contributed by atoms with Crippen LogP contribution in [0.1, 0.15) is 102 Å². The number of carbonyl (C=O) groups excluding carboxylic acids is 5. The summed E-state index contributed by atoms with van der Waals surface area (Å²) in [5.74, 6) is -2.10. The number of amides is 5. The van der Waals surface area contributed by atoms with Crippen LogP contribution in [0.4, 0.5) is 5.69 Å². The van der Waals surface area contributed by atoms with E-state index in [1.807, 2.05) is 45.0 Å². The number of unbranched alkanes of at least 4 members (excludes halogenated alkanes) is 5. The van der Waals surface area contributed by atoms with Gasteiger partial charge in [-0.1, -0.05) is 43.4 Å². The maximum atomic E-state index is 13.2. The summed E-state index contributed by atoms with van der Waals surface area (Å²) in [6.45, 7) is 7.49. The van der Waals surface area contributed by atoms with Crippen molar-refractivity contribution in [1.29, 1.82) is 0 Å². The van der Waals surface area contributed by atoms with Crippen molar-refractivity contribution in [3.8, 4) is 5.69 Å². The number of nitrogens with zero attached hydrogens (tertiary/aromatic N) is 5. The van der Waals surface area contributed by atoms with E-state index in [1.165, 1.54) is 4.68 Å². The molecule has 0 bridgehead atoms. The van der Waals surface area contributed by atoms with Gasteiger partial charge in [0.05, 0.1) is 33.6 Å². The number of imide groups is 2. The molecule has 14 nitrogen and oxygen atoms in total. The van der Waals surface area contributed by atoms with E-state index in [0.29, 0.717) is 38.0 Å². The first-order chi connectivity index (χ1) is 25.5. The number of nitrogens with one attached hydrogen (secondary N) is 3. The van der Waals surface area contributed by atoms with Gasteiger partial charge in [-0.2, -0.15) is 10.2 Å². The zero-order valence-corrected chi connectivity index (χ0v) is 30.5. The van der Waals surface area contributed by atoms with Crippen molar-refractivity contribution in [3.63, 3.8) is 0 Å². The van der Waals surface area contributed by atoms with Crippen LogP contribution in [0.15, 0.2) is 47.3 Å². The maximum absolute atomic E-state index is 13.2. The molecule has 0 spiro atoms. The van der Waals surface area contributed by atoms with Gasteiger partial charge in [0.25, 0.3) is 17.4 Å². The molecule has 4 heterocycles. The molecule has 1 unspecified atom stereocenters. The predicted octanol–water partition coefficient (Wildman–Crippen LogP) is 4.26. The molecule has 0 radical (unpaired) electrons. The van der Waals surface area contributed by atoms with Crippen molar-refractivity contribution in [2.24, 2.45) is 0 Å². The number of carbonyl (C=O) groups is 5. The largest absolute Gasteiger partial charge is 0.385 e. The van der Waals surface area contributed by atoms with Crippen LogP contribution in [-0.4, -0.2) is 73.1 Å². The van der Waals surface area contributed by atoms with E-state index in [2.05, 4.69) is 26.1 Å². The van der Waals surface area contributed by atoms with E-state index in [-0.39, 0.29) is 35.4 Å². The minimum absolute atomic E-state index is 0.0391. The third kappa shape index (κ3) is 8.21. The molecule has 3 N–H and O–H groups in total. The highest BCUT2D eigenvalue weighted by atomic mass is 16.2. The van der Waals surface area contributed by atoms with E-state index >= 15 is 0 Å². The first-order valence-electron chi connectivity index (χ1n) is 18.4. The highest BCUT2D eigenvalue weighted by Crippen LogP contribution is 2.29. The van der Waals surface area contributed by atoms with Gasteiger partial charge in [-0.25, -0.2) is 9.36 Å². The highest BCUT2D eigenvalue weighted by Gasteiger charge is 2.44. The number of aromatic nitrogens is 4. The fourth-order valence-electron chi connectivity index (χ4n) is 7.05. The topological polar surface area (TPSA) is 177 Å². The van der Waals surface area contributed by atoms with Gasteiger partial charge in [0.15, 0.2) is 5.52 Å². The summed E-state index contributed by atoms with van der Waals surface area (Å²) in [5, 5.41) is 18.4. The lowest BCUT2D eigenvalue weighted by atomic mass is 10.0. The van der Waals surface area contributed by atoms with Crippen molar-refractivity contribution in [3.05, 3.63) is 80.9 Å². The number of rotatable bonds is 16. The number of fused-ring (bicyclic) bond motifs is 2. The van der Waals surface area contributed by atoms with Crippen LogP contribution in [0.25, 0.3) is 16.6 Å². The first kappa shape index (κ1) is 37.1. The van der Waals surface area contributed by atoms with E-state index in [9.17, 15) is 28.8 Å². The Morgan fingerprint density at radius 3 is 2.26 bits per heavy atom. The van der Waals surface area contributed by atoms with E-state index in [0.717, 1.165) is 77.1 Å². The fraction of sp³-hybridized carbons (Fsp3) is 0.436. The van der Waals surface area contributed by atoms with Crippen molar-refractivity contribution in [2.75, 3.05) is 18.4 Å². The molecular formula is C39H46N8O6. The lowest BCUT2D eigenvalue weighted by molar-refractivity contribution is -0.136. The minimum Gasteiger partial charge on any atom is -0.385 e. The predicted molar refractivity (Wildman–Crippen MR) is 199 cm³/mol. The summed E-state index contributed by atoms with van der Waals surface area (Å²) in [4.78, 5) is 76.3. The normalized spacial score (nSPS) is 15.6. The number of anilines is 1. The van der Waals surface area contributed by atoms with Gasteiger partial charge in [-0.05, 0) is 76.8 Å². The Labute approximate surface area is 307 Å². The molecule has 2 aliphatic heterocycles.